The van der Waals surface area contributed by atoms with Crippen molar-refractivity contribution in [3.05, 3.63) is 53.6 Å². The largest absolute Gasteiger partial charge is 0.493 e. The SMILES string of the molecule is CN=C(NCCCc1ccc(OC)c(OC)c1)NCc1ccc(OCC(F)(F)F)cc1.I. The summed E-state index contributed by atoms with van der Waals surface area (Å²) in [7, 11) is 4.90. The predicted molar refractivity (Wildman–Crippen MR) is 129 cm³/mol. The molecule has 0 unspecified atom stereocenters. The lowest BCUT2D eigenvalue weighted by molar-refractivity contribution is -0.153. The smallest absolute Gasteiger partial charge is 0.422 e. The number of benzene rings is 2. The zero-order valence-corrected chi connectivity index (χ0v) is 20.6. The second kappa shape index (κ2) is 13.9. The number of halogens is 4. The molecule has 6 nitrogen and oxygen atoms in total. The Balaban J connectivity index is 0.00000512. The summed E-state index contributed by atoms with van der Waals surface area (Å²) in [4.78, 5) is 4.18. The molecule has 0 radical (unpaired) electrons. The standard InChI is InChI=1S/C22H28F3N3O3.HI/c1-26-21(27-12-4-5-16-8-11-19(29-2)20(13-16)30-3)28-14-17-6-9-18(10-7-17)31-15-22(23,24)25;/h6-11,13H,4-5,12,14-15H2,1-3H3,(H2,26,27,28);1H. The van der Waals surface area contributed by atoms with Gasteiger partial charge in [-0.2, -0.15) is 13.2 Å². The van der Waals surface area contributed by atoms with Crippen LogP contribution in [0.15, 0.2) is 47.5 Å². The third-order valence-corrected chi connectivity index (χ3v) is 4.39. The number of nitrogens with zero attached hydrogens (tertiary/aromatic N) is 1. The van der Waals surface area contributed by atoms with E-state index < -0.39 is 12.8 Å². The van der Waals surface area contributed by atoms with Crippen LogP contribution in [0.5, 0.6) is 17.2 Å². The molecule has 0 amide bonds. The van der Waals surface area contributed by atoms with E-state index in [4.69, 9.17) is 14.2 Å². The van der Waals surface area contributed by atoms with Gasteiger partial charge < -0.3 is 24.8 Å². The summed E-state index contributed by atoms with van der Waals surface area (Å²) in [5.41, 5.74) is 2.04. The number of ether oxygens (including phenoxy) is 3. The summed E-state index contributed by atoms with van der Waals surface area (Å²) in [6, 6.07) is 12.3. The third-order valence-electron chi connectivity index (χ3n) is 4.39. The molecule has 0 heterocycles. The quantitative estimate of drug-likeness (QED) is 0.191. The van der Waals surface area contributed by atoms with Crippen LogP contribution in [0.3, 0.4) is 0 Å². The summed E-state index contributed by atoms with van der Waals surface area (Å²) in [5.74, 6) is 2.23. The molecule has 0 aliphatic rings. The van der Waals surface area contributed by atoms with E-state index >= 15 is 0 Å². The molecule has 0 aliphatic heterocycles. The van der Waals surface area contributed by atoms with Crippen LogP contribution in [0.4, 0.5) is 13.2 Å². The molecular weight excluding hydrogens is 538 g/mol. The van der Waals surface area contributed by atoms with E-state index in [0.29, 0.717) is 24.0 Å². The highest BCUT2D eigenvalue weighted by Crippen LogP contribution is 2.27. The van der Waals surface area contributed by atoms with Gasteiger partial charge in [-0.25, -0.2) is 0 Å². The highest BCUT2D eigenvalue weighted by molar-refractivity contribution is 14.0. The van der Waals surface area contributed by atoms with Gasteiger partial charge in [0, 0.05) is 20.1 Å². The zero-order valence-electron chi connectivity index (χ0n) is 18.3. The van der Waals surface area contributed by atoms with E-state index in [0.717, 1.165) is 30.5 Å². The normalized spacial score (nSPS) is 11.4. The minimum Gasteiger partial charge on any atom is -0.493 e. The Hall–Kier alpha value is -2.37. The monoisotopic (exact) mass is 567 g/mol. The number of aliphatic imine (C=N–C) groups is 1. The molecule has 0 bridgehead atoms. The summed E-state index contributed by atoms with van der Waals surface area (Å²) in [6.07, 6.45) is -2.59. The number of methoxy groups -OCH3 is 2. The van der Waals surface area contributed by atoms with Gasteiger partial charge in [0.05, 0.1) is 14.2 Å². The molecule has 10 heteroatoms. The maximum Gasteiger partial charge on any atom is 0.422 e. The minimum atomic E-state index is -4.35. The number of alkyl halides is 3. The number of aryl methyl sites for hydroxylation is 1. The van der Waals surface area contributed by atoms with Crippen LogP contribution < -0.4 is 24.8 Å². The molecular formula is C22H29F3IN3O3. The molecule has 178 valence electrons. The first-order valence-corrected chi connectivity index (χ1v) is 9.78. The third kappa shape index (κ3) is 9.84. The van der Waals surface area contributed by atoms with E-state index in [-0.39, 0.29) is 29.7 Å². The van der Waals surface area contributed by atoms with Crippen LogP contribution >= 0.6 is 24.0 Å². The first-order chi connectivity index (χ1) is 14.8. The maximum atomic E-state index is 12.2. The highest BCUT2D eigenvalue weighted by atomic mass is 127. The molecule has 2 N–H and O–H groups in total. The van der Waals surface area contributed by atoms with Crippen molar-refractivity contribution in [3.63, 3.8) is 0 Å². The molecule has 32 heavy (non-hydrogen) atoms. The average Bonchev–Trinajstić information content (AvgIpc) is 2.77. The lowest BCUT2D eigenvalue weighted by Crippen LogP contribution is -2.37. The van der Waals surface area contributed by atoms with Crippen LogP contribution in [0.25, 0.3) is 0 Å². The van der Waals surface area contributed by atoms with Gasteiger partial charge in [-0.15, -0.1) is 24.0 Å². The van der Waals surface area contributed by atoms with Crippen molar-refractivity contribution in [2.75, 3.05) is 34.4 Å². The molecule has 2 rings (SSSR count). The average molecular weight is 567 g/mol. The second-order valence-corrected chi connectivity index (χ2v) is 6.69. The summed E-state index contributed by atoms with van der Waals surface area (Å²) < 4.78 is 51.8. The van der Waals surface area contributed by atoms with Crippen molar-refractivity contribution >= 4 is 29.9 Å². The van der Waals surface area contributed by atoms with Gasteiger partial charge in [0.25, 0.3) is 0 Å². The molecule has 0 spiro atoms. The van der Waals surface area contributed by atoms with Crippen LogP contribution in [0, 0.1) is 0 Å². The van der Waals surface area contributed by atoms with E-state index in [1.807, 2.05) is 18.2 Å². The Morgan fingerprint density at radius 3 is 2.19 bits per heavy atom. The first-order valence-electron chi connectivity index (χ1n) is 9.78. The van der Waals surface area contributed by atoms with E-state index in [2.05, 4.69) is 15.6 Å². The van der Waals surface area contributed by atoms with Crippen LogP contribution in [0.2, 0.25) is 0 Å². The van der Waals surface area contributed by atoms with E-state index in [9.17, 15) is 13.2 Å². The van der Waals surface area contributed by atoms with Gasteiger partial charge >= 0.3 is 6.18 Å². The maximum absolute atomic E-state index is 12.2. The van der Waals surface area contributed by atoms with Crippen molar-refractivity contribution in [1.29, 1.82) is 0 Å². The number of rotatable bonds is 10. The molecule has 0 saturated heterocycles. The molecule has 0 aliphatic carbocycles. The van der Waals surface area contributed by atoms with Crippen LogP contribution in [-0.2, 0) is 13.0 Å². The van der Waals surface area contributed by atoms with Gasteiger partial charge in [0.1, 0.15) is 5.75 Å². The Labute approximate surface area is 203 Å². The number of nitrogens with one attached hydrogen (secondary N) is 2. The summed E-state index contributed by atoms with van der Waals surface area (Å²) >= 11 is 0. The van der Waals surface area contributed by atoms with E-state index in [1.54, 1.807) is 33.4 Å². The summed E-state index contributed by atoms with van der Waals surface area (Å²) in [6.45, 7) is -0.0996. The van der Waals surface area contributed by atoms with Crippen molar-refractivity contribution in [3.8, 4) is 17.2 Å². The Morgan fingerprint density at radius 2 is 1.59 bits per heavy atom. The van der Waals surface area contributed by atoms with E-state index in [1.165, 1.54) is 12.1 Å². The summed E-state index contributed by atoms with van der Waals surface area (Å²) in [5, 5.41) is 6.42. The lowest BCUT2D eigenvalue weighted by atomic mass is 10.1. The molecule has 2 aromatic rings. The fourth-order valence-corrected chi connectivity index (χ4v) is 2.81. The molecule has 2 aromatic carbocycles. The van der Waals surface area contributed by atoms with Gasteiger partial charge in [0.2, 0.25) is 0 Å². The lowest BCUT2D eigenvalue weighted by Gasteiger charge is -2.13. The number of guanidine groups is 1. The molecule has 0 saturated carbocycles. The first kappa shape index (κ1) is 27.7. The molecule has 0 aromatic heterocycles. The Bertz CT molecular complexity index is 847. The highest BCUT2D eigenvalue weighted by Gasteiger charge is 2.28. The Morgan fingerprint density at radius 1 is 0.938 bits per heavy atom. The topological polar surface area (TPSA) is 64.1 Å². The predicted octanol–water partition coefficient (Wildman–Crippen LogP) is 4.56. The minimum absolute atomic E-state index is 0. The molecule has 0 atom stereocenters. The van der Waals surface area contributed by atoms with Gasteiger partial charge in [-0.1, -0.05) is 18.2 Å². The van der Waals surface area contributed by atoms with Crippen molar-refractivity contribution in [1.82, 2.24) is 10.6 Å². The fourth-order valence-electron chi connectivity index (χ4n) is 2.81. The van der Waals surface area contributed by atoms with Gasteiger partial charge in [-0.3, -0.25) is 4.99 Å². The number of hydrogen-bond donors (Lipinski definition) is 2. The Kier molecular flexibility index (Phi) is 12.0. The number of hydrogen-bond acceptors (Lipinski definition) is 4. The molecule has 0 fully saturated rings. The van der Waals surface area contributed by atoms with Gasteiger partial charge in [-0.05, 0) is 48.2 Å². The van der Waals surface area contributed by atoms with Crippen LogP contribution in [-0.4, -0.2) is 46.6 Å². The van der Waals surface area contributed by atoms with Crippen LogP contribution in [0.1, 0.15) is 17.5 Å². The van der Waals surface area contributed by atoms with Crippen molar-refractivity contribution in [2.24, 2.45) is 4.99 Å². The second-order valence-electron chi connectivity index (χ2n) is 6.69. The fraction of sp³-hybridized carbons (Fsp3) is 0.409. The van der Waals surface area contributed by atoms with Crippen molar-refractivity contribution < 1.29 is 27.4 Å². The van der Waals surface area contributed by atoms with Gasteiger partial charge in [0.15, 0.2) is 24.1 Å². The van der Waals surface area contributed by atoms with Crippen molar-refractivity contribution in [2.45, 2.75) is 25.6 Å². The zero-order chi connectivity index (χ0) is 22.7.